The van der Waals surface area contributed by atoms with Crippen molar-refractivity contribution in [1.82, 2.24) is 0 Å². The highest BCUT2D eigenvalue weighted by Gasteiger charge is 2.19. The number of ether oxygens (including phenoxy) is 1. The molecule has 2 nitrogen and oxygen atoms in total. The van der Waals surface area contributed by atoms with Gasteiger partial charge >= 0.3 is 0 Å². The van der Waals surface area contributed by atoms with Crippen molar-refractivity contribution in [2.45, 2.75) is 6.10 Å². The van der Waals surface area contributed by atoms with E-state index < -0.39 is 6.10 Å². The summed E-state index contributed by atoms with van der Waals surface area (Å²) >= 11 is 12.4. The molecule has 20 heavy (non-hydrogen) atoms. The van der Waals surface area contributed by atoms with Crippen LogP contribution in [0, 0.1) is 5.82 Å². The molecule has 0 aliphatic rings. The summed E-state index contributed by atoms with van der Waals surface area (Å²) < 4.78 is 19.5. The summed E-state index contributed by atoms with van der Waals surface area (Å²) in [6.07, 6.45) is -0.975. The topological polar surface area (TPSA) is 29.5 Å². The molecule has 2 aromatic rings. The Labute approximate surface area is 137 Å². The highest BCUT2D eigenvalue weighted by Crippen LogP contribution is 2.38. The van der Waals surface area contributed by atoms with E-state index in [1.807, 2.05) is 0 Å². The molecule has 0 fully saturated rings. The maximum absolute atomic E-state index is 13.3. The fourth-order valence-corrected chi connectivity index (χ4v) is 3.25. The van der Waals surface area contributed by atoms with Gasteiger partial charge in [0, 0.05) is 10.6 Å². The standard InChI is InChI=1S/C14H10Br2ClFO2/c1-20-14-9(5-8(17)6-11(14)16)13(19)7-2-3-12(18)10(15)4-7/h2-6,13,19H,1H3. The number of hydrogen-bond donors (Lipinski definition) is 1. The van der Waals surface area contributed by atoms with Gasteiger partial charge in [-0.15, -0.1) is 0 Å². The van der Waals surface area contributed by atoms with Crippen molar-refractivity contribution >= 4 is 43.5 Å². The molecule has 0 aliphatic heterocycles. The van der Waals surface area contributed by atoms with Crippen molar-refractivity contribution in [2.75, 3.05) is 7.11 Å². The molecular formula is C14H10Br2ClFO2. The van der Waals surface area contributed by atoms with Crippen molar-refractivity contribution in [2.24, 2.45) is 0 Å². The number of benzene rings is 2. The molecule has 1 unspecified atom stereocenters. The summed E-state index contributed by atoms with van der Waals surface area (Å²) in [6, 6.07) is 7.62. The monoisotopic (exact) mass is 422 g/mol. The predicted molar refractivity (Wildman–Crippen MR) is 83.9 cm³/mol. The molecule has 6 heteroatoms. The number of aliphatic hydroxyl groups excluding tert-OH is 1. The Hall–Kier alpha value is -0.620. The summed E-state index contributed by atoms with van der Waals surface area (Å²) in [6.45, 7) is 0. The smallest absolute Gasteiger partial charge is 0.139 e. The number of hydrogen-bond acceptors (Lipinski definition) is 2. The highest BCUT2D eigenvalue weighted by atomic mass is 79.9. The van der Waals surface area contributed by atoms with Crippen molar-refractivity contribution in [3.8, 4) is 5.75 Å². The minimum Gasteiger partial charge on any atom is -0.495 e. The summed E-state index contributed by atoms with van der Waals surface area (Å²) in [7, 11) is 1.50. The second kappa shape index (κ2) is 6.43. The Bertz CT molecular complexity index is 649. The lowest BCUT2D eigenvalue weighted by atomic mass is 10.0. The van der Waals surface area contributed by atoms with Crippen LogP contribution in [0.25, 0.3) is 0 Å². The van der Waals surface area contributed by atoms with E-state index in [0.29, 0.717) is 26.4 Å². The van der Waals surface area contributed by atoms with Crippen LogP contribution >= 0.6 is 43.5 Å². The largest absolute Gasteiger partial charge is 0.495 e. The van der Waals surface area contributed by atoms with Crippen LogP contribution in [0.3, 0.4) is 0 Å². The summed E-state index contributed by atoms with van der Waals surface area (Å²) in [5, 5.41) is 10.9. The SMILES string of the molecule is COc1c(Br)cc(Cl)cc1C(O)c1ccc(F)c(Br)c1. The molecule has 1 N–H and O–H groups in total. The summed E-state index contributed by atoms with van der Waals surface area (Å²) in [5.74, 6) is 0.0996. The molecule has 0 saturated heterocycles. The lowest BCUT2D eigenvalue weighted by Crippen LogP contribution is -2.03. The first-order valence-corrected chi connectivity index (χ1v) is 7.56. The first kappa shape index (κ1) is 15.8. The van der Waals surface area contributed by atoms with Crippen LogP contribution in [0.1, 0.15) is 17.2 Å². The number of halogens is 4. The van der Waals surface area contributed by atoms with Gasteiger partial charge in [-0.2, -0.15) is 0 Å². The average Bonchev–Trinajstić information content (AvgIpc) is 2.40. The third-order valence-electron chi connectivity index (χ3n) is 2.80. The third-order valence-corrected chi connectivity index (χ3v) is 4.21. The van der Waals surface area contributed by atoms with Gasteiger partial charge in [0.05, 0.1) is 16.1 Å². The second-order valence-corrected chi connectivity index (χ2v) is 6.23. The van der Waals surface area contributed by atoms with E-state index in [2.05, 4.69) is 31.9 Å². The zero-order chi connectivity index (χ0) is 14.9. The minimum atomic E-state index is -0.975. The normalized spacial score (nSPS) is 12.3. The molecule has 0 amide bonds. The summed E-state index contributed by atoms with van der Waals surface area (Å²) in [5.41, 5.74) is 1.04. The Morgan fingerprint density at radius 3 is 2.50 bits per heavy atom. The number of methoxy groups -OCH3 is 1. The molecule has 1 atom stereocenters. The van der Waals surface area contributed by atoms with Crippen molar-refractivity contribution in [3.05, 3.63) is 61.2 Å². The van der Waals surface area contributed by atoms with Crippen LogP contribution in [0.15, 0.2) is 39.3 Å². The van der Waals surface area contributed by atoms with Gasteiger partial charge in [0.25, 0.3) is 0 Å². The van der Waals surface area contributed by atoms with E-state index in [4.69, 9.17) is 16.3 Å². The van der Waals surface area contributed by atoms with E-state index in [1.165, 1.54) is 25.3 Å². The lowest BCUT2D eigenvalue weighted by molar-refractivity contribution is 0.214. The Morgan fingerprint density at radius 2 is 1.90 bits per heavy atom. The van der Waals surface area contributed by atoms with E-state index in [-0.39, 0.29) is 10.3 Å². The van der Waals surface area contributed by atoms with Gasteiger partial charge in [-0.3, -0.25) is 0 Å². The van der Waals surface area contributed by atoms with Crippen LogP contribution in [-0.2, 0) is 0 Å². The zero-order valence-corrected chi connectivity index (χ0v) is 14.3. The van der Waals surface area contributed by atoms with E-state index >= 15 is 0 Å². The van der Waals surface area contributed by atoms with Gasteiger partial charge in [-0.1, -0.05) is 17.7 Å². The fraction of sp³-hybridized carbons (Fsp3) is 0.143. The van der Waals surface area contributed by atoms with Gasteiger partial charge < -0.3 is 9.84 Å². The van der Waals surface area contributed by atoms with Gasteiger partial charge in [0.15, 0.2) is 0 Å². The van der Waals surface area contributed by atoms with Crippen LogP contribution in [0.4, 0.5) is 4.39 Å². The minimum absolute atomic E-state index is 0.286. The molecule has 0 radical (unpaired) electrons. The van der Waals surface area contributed by atoms with Crippen LogP contribution in [0.5, 0.6) is 5.75 Å². The molecule has 0 saturated carbocycles. The zero-order valence-electron chi connectivity index (χ0n) is 10.3. The van der Waals surface area contributed by atoms with E-state index in [1.54, 1.807) is 12.1 Å². The van der Waals surface area contributed by atoms with Crippen LogP contribution in [-0.4, -0.2) is 12.2 Å². The molecule has 0 aliphatic carbocycles. The first-order valence-electron chi connectivity index (χ1n) is 5.60. The fourth-order valence-electron chi connectivity index (χ4n) is 1.86. The molecule has 0 spiro atoms. The van der Waals surface area contributed by atoms with Gasteiger partial charge in [0.2, 0.25) is 0 Å². The Kier molecular flexibility index (Phi) is 5.07. The molecule has 106 valence electrons. The molecule has 2 aromatic carbocycles. The molecule has 0 heterocycles. The maximum Gasteiger partial charge on any atom is 0.139 e. The van der Waals surface area contributed by atoms with Gasteiger partial charge in [-0.05, 0) is 61.7 Å². The molecule has 2 rings (SSSR count). The third kappa shape index (κ3) is 3.17. The second-order valence-electron chi connectivity index (χ2n) is 4.09. The summed E-state index contributed by atoms with van der Waals surface area (Å²) in [4.78, 5) is 0. The van der Waals surface area contributed by atoms with E-state index in [0.717, 1.165) is 0 Å². The molecular weight excluding hydrogens is 414 g/mol. The molecule has 0 bridgehead atoms. The van der Waals surface area contributed by atoms with Crippen molar-refractivity contribution < 1.29 is 14.2 Å². The Morgan fingerprint density at radius 1 is 1.20 bits per heavy atom. The quantitative estimate of drug-likeness (QED) is 0.743. The molecule has 0 aromatic heterocycles. The van der Waals surface area contributed by atoms with Crippen LogP contribution < -0.4 is 4.74 Å². The van der Waals surface area contributed by atoms with Crippen molar-refractivity contribution in [3.63, 3.8) is 0 Å². The Balaban J connectivity index is 2.52. The number of rotatable bonds is 3. The first-order chi connectivity index (χ1) is 9.43. The van der Waals surface area contributed by atoms with Crippen LogP contribution in [0.2, 0.25) is 5.02 Å². The number of aliphatic hydroxyl groups is 1. The van der Waals surface area contributed by atoms with Gasteiger partial charge in [-0.25, -0.2) is 4.39 Å². The lowest BCUT2D eigenvalue weighted by Gasteiger charge is -2.17. The predicted octanol–water partition coefficient (Wildman–Crippen LogP) is 5.09. The van der Waals surface area contributed by atoms with Crippen molar-refractivity contribution in [1.29, 1.82) is 0 Å². The highest BCUT2D eigenvalue weighted by molar-refractivity contribution is 9.10. The van der Waals surface area contributed by atoms with E-state index in [9.17, 15) is 9.50 Å². The maximum atomic E-state index is 13.3. The average molecular weight is 424 g/mol. The van der Waals surface area contributed by atoms with Gasteiger partial charge in [0.1, 0.15) is 17.7 Å².